The summed E-state index contributed by atoms with van der Waals surface area (Å²) in [5.74, 6) is -0.168. The molecule has 1 aromatic heterocycles. The van der Waals surface area contributed by atoms with Gasteiger partial charge in [0.15, 0.2) is 0 Å². The molecule has 1 atom stereocenters. The minimum Gasteiger partial charge on any atom is -0.325 e. The third kappa shape index (κ3) is 4.07. The van der Waals surface area contributed by atoms with Crippen LogP contribution in [0.3, 0.4) is 0 Å². The number of nitrogens with one attached hydrogen (secondary N) is 1. The van der Waals surface area contributed by atoms with Gasteiger partial charge in [0.05, 0.1) is 22.6 Å². The number of carbonyl (C=O) groups excluding carboxylic acids is 1. The average Bonchev–Trinajstić information content (AvgIpc) is 3.11. The van der Waals surface area contributed by atoms with Crippen molar-refractivity contribution >= 4 is 23.4 Å². The normalized spacial score (nSPS) is 11.6. The van der Waals surface area contributed by atoms with Crippen LogP contribution in [0.1, 0.15) is 18.1 Å². The molecule has 0 bridgehead atoms. The van der Waals surface area contributed by atoms with E-state index >= 15 is 0 Å². The van der Waals surface area contributed by atoms with Crippen LogP contribution in [0.5, 0.6) is 0 Å². The van der Waals surface area contributed by atoms with Gasteiger partial charge < -0.3 is 5.32 Å². The van der Waals surface area contributed by atoms with E-state index in [0.717, 1.165) is 11.3 Å². The first kappa shape index (κ1) is 17.6. The minimum atomic E-state index is -0.402. The highest BCUT2D eigenvalue weighted by Gasteiger charge is 2.19. The first-order valence-corrected chi connectivity index (χ1v) is 8.78. The lowest BCUT2D eigenvalue weighted by molar-refractivity contribution is -0.115. The molecule has 2 aromatic carbocycles. The van der Waals surface area contributed by atoms with Crippen LogP contribution >= 0.6 is 11.8 Å². The summed E-state index contributed by atoms with van der Waals surface area (Å²) in [5.41, 5.74) is 3.16. The maximum atomic E-state index is 12.4. The van der Waals surface area contributed by atoms with Gasteiger partial charge in [0.25, 0.3) is 0 Å². The van der Waals surface area contributed by atoms with Gasteiger partial charge in [-0.2, -0.15) is 9.94 Å². The number of anilines is 1. The fourth-order valence-corrected chi connectivity index (χ4v) is 2.99. The second kappa shape index (κ2) is 7.80. The van der Waals surface area contributed by atoms with Crippen molar-refractivity contribution in [2.45, 2.75) is 24.3 Å². The molecule has 0 fully saturated rings. The van der Waals surface area contributed by atoms with Crippen molar-refractivity contribution in [2.75, 3.05) is 5.32 Å². The average molecular weight is 364 g/mol. The van der Waals surface area contributed by atoms with Crippen LogP contribution in [-0.2, 0) is 4.79 Å². The predicted octanol–water partition coefficient (Wildman–Crippen LogP) is 2.96. The van der Waals surface area contributed by atoms with E-state index in [9.17, 15) is 4.79 Å². The van der Waals surface area contributed by atoms with Gasteiger partial charge >= 0.3 is 0 Å². The minimum absolute atomic E-state index is 0.168. The van der Waals surface area contributed by atoms with Crippen molar-refractivity contribution in [3.63, 3.8) is 0 Å². The number of amides is 1. The molecule has 0 aliphatic heterocycles. The molecular weight excluding hydrogens is 348 g/mol. The van der Waals surface area contributed by atoms with Crippen LogP contribution in [0.2, 0.25) is 0 Å². The highest BCUT2D eigenvalue weighted by Crippen LogP contribution is 2.24. The Morgan fingerprint density at radius 2 is 1.88 bits per heavy atom. The maximum Gasteiger partial charge on any atom is 0.237 e. The molecule has 1 N–H and O–H groups in total. The lowest BCUT2D eigenvalue weighted by Gasteiger charge is -2.12. The van der Waals surface area contributed by atoms with Gasteiger partial charge in [-0.1, -0.05) is 29.5 Å². The summed E-state index contributed by atoms with van der Waals surface area (Å²) >= 11 is 1.27. The van der Waals surface area contributed by atoms with E-state index in [4.69, 9.17) is 5.26 Å². The van der Waals surface area contributed by atoms with Gasteiger partial charge in [0.2, 0.25) is 11.1 Å². The molecule has 0 aliphatic carbocycles. The molecule has 0 radical (unpaired) electrons. The zero-order chi connectivity index (χ0) is 18.5. The quantitative estimate of drug-likeness (QED) is 0.699. The summed E-state index contributed by atoms with van der Waals surface area (Å²) in [6.45, 7) is 3.80. The molecule has 3 rings (SSSR count). The largest absolute Gasteiger partial charge is 0.325 e. The number of carbonyl (C=O) groups is 1. The van der Waals surface area contributed by atoms with Crippen LogP contribution in [0.15, 0.2) is 53.7 Å². The molecule has 8 heteroatoms. The van der Waals surface area contributed by atoms with Crippen LogP contribution in [0, 0.1) is 18.3 Å². The highest BCUT2D eigenvalue weighted by atomic mass is 32.2. The third-order valence-corrected chi connectivity index (χ3v) is 4.69. The molecule has 0 saturated carbocycles. The zero-order valence-electron chi connectivity index (χ0n) is 14.2. The van der Waals surface area contributed by atoms with Crippen molar-refractivity contribution in [2.24, 2.45) is 0 Å². The van der Waals surface area contributed by atoms with E-state index < -0.39 is 5.25 Å². The molecule has 26 heavy (non-hydrogen) atoms. The van der Waals surface area contributed by atoms with E-state index in [-0.39, 0.29) is 5.91 Å². The third-order valence-electron chi connectivity index (χ3n) is 3.65. The monoisotopic (exact) mass is 364 g/mol. The Labute approximate surface area is 155 Å². The molecule has 1 heterocycles. The second-order valence-electron chi connectivity index (χ2n) is 5.65. The first-order valence-electron chi connectivity index (χ1n) is 7.90. The zero-order valence-corrected chi connectivity index (χ0v) is 15.1. The van der Waals surface area contributed by atoms with Crippen molar-refractivity contribution in [1.29, 1.82) is 5.26 Å². The summed E-state index contributed by atoms with van der Waals surface area (Å²) in [7, 11) is 0. The van der Waals surface area contributed by atoms with Crippen molar-refractivity contribution in [3.8, 4) is 11.8 Å². The van der Waals surface area contributed by atoms with Gasteiger partial charge in [-0.15, -0.1) is 5.10 Å². The summed E-state index contributed by atoms with van der Waals surface area (Å²) < 4.78 is 1.61. The molecular formula is C18H16N6OS. The standard InChI is InChI=1S/C18H16N6OS/c1-12-3-9-16(10-4-12)24-18(21-22-23-24)26-13(2)17(25)20-15-7-5-14(11-19)6-8-15/h3-10,13H,1-2H3,(H,20,25)/t13-/m1/s1. The summed E-state index contributed by atoms with van der Waals surface area (Å²) in [6, 6.07) is 16.6. The predicted molar refractivity (Wildman–Crippen MR) is 99.0 cm³/mol. The molecule has 3 aromatic rings. The lowest BCUT2D eigenvalue weighted by atomic mass is 10.2. The first-order chi connectivity index (χ1) is 12.6. The number of tetrazole rings is 1. The number of aryl methyl sites for hydroxylation is 1. The fourth-order valence-electron chi connectivity index (χ4n) is 2.18. The Balaban J connectivity index is 1.69. The van der Waals surface area contributed by atoms with E-state index in [1.54, 1.807) is 35.9 Å². The van der Waals surface area contributed by atoms with Crippen LogP contribution < -0.4 is 5.32 Å². The molecule has 130 valence electrons. The fraction of sp³-hybridized carbons (Fsp3) is 0.167. The molecule has 0 spiro atoms. The maximum absolute atomic E-state index is 12.4. The Morgan fingerprint density at radius 1 is 1.19 bits per heavy atom. The summed E-state index contributed by atoms with van der Waals surface area (Å²) in [6.07, 6.45) is 0. The molecule has 0 unspecified atom stereocenters. The molecule has 0 aliphatic rings. The van der Waals surface area contributed by atoms with Gasteiger partial charge in [0, 0.05) is 5.69 Å². The van der Waals surface area contributed by atoms with Crippen molar-refractivity contribution in [1.82, 2.24) is 20.2 Å². The summed E-state index contributed by atoms with van der Waals surface area (Å²) in [5, 5.41) is 23.5. The number of thioether (sulfide) groups is 1. The molecule has 1 amide bonds. The van der Waals surface area contributed by atoms with Crippen LogP contribution in [0.25, 0.3) is 5.69 Å². The molecule has 0 saturated heterocycles. The number of nitrogens with zero attached hydrogens (tertiary/aromatic N) is 5. The SMILES string of the molecule is Cc1ccc(-n2nnnc2S[C@H](C)C(=O)Nc2ccc(C#N)cc2)cc1. The second-order valence-corrected chi connectivity index (χ2v) is 6.96. The smallest absolute Gasteiger partial charge is 0.237 e. The Hall–Kier alpha value is -3.18. The number of benzene rings is 2. The van der Waals surface area contributed by atoms with Crippen LogP contribution in [-0.4, -0.2) is 31.4 Å². The summed E-state index contributed by atoms with van der Waals surface area (Å²) in [4.78, 5) is 12.4. The van der Waals surface area contributed by atoms with E-state index in [1.165, 1.54) is 11.8 Å². The van der Waals surface area contributed by atoms with Crippen molar-refractivity contribution < 1.29 is 4.79 Å². The topological polar surface area (TPSA) is 96.5 Å². The van der Waals surface area contributed by atoms with Gasteiger partial charge in [-0.25, -0.2) is 0 Å². The highest BCUT2D eigenvalue weighted by molar-refractivity contribution is 8.00. The number of hydrogen-bond donors (Lipinski definition) is 1. The number of aromatic nitrogens is 4. The van der Waals surface area contributed by atoms with Crippen LogP contribution in [0.4, 0.5) is 5.69 Å². The lowest BCUT2D eigenvalue weighted by Crippen LogP contribution is -2.22. The van der Waals surface area contributed by atoms with Gasteiger partial charge in [0.1, 0.15) is 0 Å². The van der Waals surface area contributed by atoms with E-state index in [2.05, 4.69) is 20.8 Å². The number of rotatable bonds is 5. The van der Waals surface area contributed by atoms with Gasteiger partial charge in [-0.3, -0.25) is 4.79 Å². The van der Waals surface area contributed by atoms with Crippen molar-refractivity contribution in [3.05, 3.63) is 59.7 Å². The Bertz CT molecular complexity index is 943. The molecule has 7 nitrogen and oxygen atoms in total. The van der Waals surface area contributed by atoms with E-state index in [1.807, 2.05) is 37.3 Å². The van der Waals surface area contributed by atoms with Gasteiger partial charge in [-0.05, 0) is 60.7 Å². The number of hydrogen-bond acceptors (Lipinski definition) is 6. The Kier molecular flexibility index (Phi) is 5.29. The van der Waals surface area contributed by atoms with E-state index in [0.29, 0.717) is 16.4 Å². The Morgan fingerprint density at radius 3 is 2.54 bits per heavy atom. The number of nitriles is 1.